The fourth-order valence-corrected chi connectivity index (χ4v) is 5.70. The van der Waals surface area contributed by atoms with Crippen molar-refractivity contribution in [2.75, 3.05) is 5.32 Å². The van der Waals surface area contributed by atoms with E-state index in [1.54, 1.807) is 0 Å². The van der Waals surface area contributed by atoms with Crippen molar-refractivity contribution in [2.45, 2.75) is 50.5 Å². The van der Waals surface area contributed by atoms with E-state index in [1.807, 2.05) is 36.5 Å². The summed E-state index contributed by atoms with van der Waals surface area (Å²) < 4.78 is 28.5. The SMILES string of the molecule is CC(=O)Nc1ccc(S(=O)(=O)/C(C#N)=C/c2cn(CC3CCCCC3)c3ccccc23)cc1. The number of nitriles is 1. The molecule has 3 aromatic rings. The first-order chi connectivity index (χ1) is 15.9. The Labute approximate surface area is 194 Å². The maximum absolute atomic E-state index is 13.2. The van der Waals surface area contributed by atoms with Gasteiger partial charge in [-0.3, -0.25) is 4.79 Å². The van der Waals surface area contributed by atoms with Crippen LogP contribution in [0, 0.1) is 17.2 Å². The highest BCUT2D eigenvalue weighted by Gasteiger charge is 2.22. The third kappa shape index (κ3) is 5.01. The number of fused-ring (bicyclic) bond motifs is 1. The molecule has 0 bridgehead atoms. The second-order valence-corrected chi connectivity index (χ2v) is 10.5. The van der Waals surface area contributed by atoms with Crippen molar-refractivity contribution >= 4 is 38.4 Å². The second-order valence-electron chi connectivity index (χ2n) is 8.59. The number of carbonyl (C=O) groups is 1. The van der Waals surface area contributed by atoms with Crippen molar-refractivity contribution in [3.05, 3.63) is 65.2 Å². The van der Waals surface area contributed by atoms with E-state index in [2.05, 4.69) is 9.88 Å². The maximum atomic E-state index is 13.2. The topological polar surface area (TPSA) is 92.0 Å². The minimum absolute atomic E-state index is 0.00958. The van der Waals surface area contributed by atoms with Gasteiger partial charge in [0.15, 0.2) is 0 Å². The zero-order chi connectivity index (χ0) is 23.4. The quantitative estimate of drug-likeness (QED) is 0.489. The van der Waals surface area contributed by atoms with Crippen LogP contribution in [0.4, 0.5) is 5.69 Å². The first-order valence-electron chi connectivity index (χ1n) is 11.2. The summed E-state index contributed by atoms with van der Waals surface area (Å²) in [5.41, 5.74) is 2.26. The molecule has 1 aliphatic rings. The number of aromatic nitrogens is 1. The average molecular weight is 462 g/mol. The van der Waals surface area contributed by atoms with E-state index >= 15 is 0 Å². The van der Waals surface area contributed by atoms with E-state index in [9.17, 15) is 18.5 Å². The van der Waals surface area contributed by atoms with Crippen LogP contribution >= 0.6 is 0 Å². The Balaban J connectivity index is 1.69. The molecule has 0 spiro atoms. The van der Waals surface area contributed by atoms with Gasteiger partial charge in [0.1, 0.15) is 11.0 Å². The molecule has 33 heavy (non-hydrogen) atoms. The molecule has 1 saturated carbocycles. The fraction of sp³-hybridized carbons (Fsp3) is 0.308. The zero-order valence-corrected chi connectivity index (χ0v) is 19.4. The van der Waals surface area contributed by atoms with Gasteiger partial charge in [0.2, 0.25) is 15.7 Å². The lowest BCUT2D eigenvalue weighted by atomic mass is 9.89. The maximum Gasteiger partial charge on any atom is 0.221 e. The van der Waals surface area contributed by atoms with E-state index in [1.165, 1.54) is 69.4 Å². The van der Waals surface area contributed by atoms with Gasteiger partial charge in [-0.2, -0.15) is 5.26 Å². The van der Waals surface area contributed by atoms with Crippen LogP contribution in [-0.2, 0) is 21.2 Å². The molecule has 7 heteroatoms. The van der Waals surface area contributed by atoms with Crippen molar-refractivity contribution in [3.63, 3.8) is 0 Å². The summed E-state index contributed by atoms with van der Waals surface area (Å²) in [5, 5.41) is 13.3. The predicted molar refractivity (Wildman–Crippen MR) is 130 cm³/mol. The molecule has 6 nitrogen and oxygen atoms in total. The molecule has 0 radical (unpaired) electrons. The third-order valence-electron chi connectivity index (χ3n) is 6.17. The van der Waals surface area contributed by atoms with E-state index in [-0.39, 0.29) is 15.7 Å². The fourth-order valence-electron chi connectivity index (χ4n) is 4.55. The van der Waals surface area contributed by atoms with Crippen LogP contribution in [0.2, 0.25) is 0 Å². The van der Waals surface area contributed by atoms with Crippen molar-refractivity contribution in [2.24, 2.45) is 5.92 Å². The van der Waals surface area contributed by atoms with Crippen LogP contribution < -0.4 is 5.32 Å². The molecule has 170 valence electrons. The molecule has 1 heterocycles. The molecular formula is C26H27N3O3S. The molecule has 1 aliphatic carbocycles. The molecule has 1 fully saturated rings. The van der Waals surface area contributed by atoms with Gasteiger partial charge < -0.3 is 9.88 Å². The molecule has 4 rings (SSSR count). The largest absolute Gasteiger partial charge is 0.347 e. The smallest absolute Gasteiger partial charge is 0.221 e. The van der Waals surface area contributed by atoms with E-state index in [0.29, 0.717) is 11.6 Å². The molecule has 1 amide bonds. The minimum Gasteiger partial charge on any atom is -0.347 e. The third-order valence-corrected chi connectivity index (χ3v) is 7.85. The number of nitrogens with zero attached hydrogens (tertiary/aromatic N) is 2. The normalized spacial score (nSPS) is 15.3. The molecular weight excluding hydrogens is 434 g/mol. The highest BCUT2D eigenvalue weighted by atomic mass is 32.2. The zero-order valence-electron chi connectivity index (χ0n) is 18.6. The van der Waals surface area contributed by atoms with Gasteiger partial charge in [-0.1, -0.05) is 37.5 Å². The Morgan fingerprint density at radius 2 is 1.82 bits per heavy atom. The second kappa shape index (κ2) is 9.63. The highest BCUT2D eigenvalue weighted by Crippen LogP contribution is 2.30. The number of para-hydroxylation sites is 1. The number of amides is 1. The number of hydrogen-bond donors (Lipinski definition) is 1. The number of hydrogen-bond acceptors (Lipinski definition) is 4. The van der Waals surface area contributed by atoms with E-state index in [0.717, 1.165) is 23.0 Å². The lowest BCUT2D eigenvalue weighted by molar-refractivity contribution is -0.114. The molecule has 0 unspecified atom stereocenters. The van der Waals surface area contributed by atoms with Gasteiger partial charge in [0, 0.05) is 41.8 Å². The number of carbonyl (C=O) groups excluding carboxylic acids is 1. The van der Waals surface area contributed by atoms with Crippen LogP contribution in [0.1, 0.15) is 44.6 Å². The summed E-state index contributed by atoms with van der Waals surface area (Å²) in [4.78, 5) is 10.9. The molecule has 1 aromatic heterocycles. The minimum atomic E-state index is -4.00. The molecule has 0 saturated heterocycles. The van der Waals surface area contributed by atoms with Gasteiger partial charge in [-0.15, -0.1) is 0 Å². The predicted octanol–water partition coefficient (Wildman–Crippen LogP) is 5.52. The van der Waals surface area contributed by atoms with Crippen LogP contribution in [0.25, 0.3) is 17.0 Å². The highest BCUT2D eigenvalue weighted by molar-refractivity contribution is 7.95. The number of rotatable bonds is 6. The summed E-state index contributed by atoms with van der Waals surface area (Å²) in [5.74, 6) is 0.375. The van der Waals surface area contributed by atoms with Gasteiger partial charge in [0.25, 0.3) is 0 Å². The van der Waals surface area contributed by atoms with Crippen molar-refractivity contribution in [1.82, 2.24) is 4.57 Å². The van der Waals surface area contributed by atoms with Crippen molar-refractivity contribution < 1.29 is 13.2 Å². The first kappa shape index (κ1) is 22.8. The molecule has 0 aliphatic heterocycles. The lowest BCUT2D eigenvalue weighted by Gasteiger charge is -2.22. The molecule has 1 N–H and O–H groups in total. The van der Waals surface area contributed by atoms with Crippen LogP contribution in [0.5, 0.6) is 0 Å². The lowest BCUT2D eigenvalue weighted by Crippen LogP contribution is -2.13. The number of anilines is 1. The standard InChI is InChI=1S/C26H27N3O3S/c1-19(30)28-22-11-13-23(14-12-22)33(31,32)24(16-27)15-21-18-29(17-20-7-3-2-4-8-20)26-10-6-5-9-25(21)26/h5-6,9-15,18,20H,2-4,7-8,17H2,1H3,(H,28,30)/b24-15+. The summed E-state index contributed by atoms with van der Waals surface area (Å²) in [6.07, 6.45) is 9.67. The Hall–Kier alpha value is -3.37. The summed E-state index contributed by atoms with van der Waals surface area (Å²) >= 11 is 0. The number of sulfone groups is 1. The van der Waals surface area contributed by atoms with Crippen LogP contribution in [0.15, 0.2) is 64.5 Å². The first-order valence-corrected chi connectivity index (χ1v) is 12.7. The molecule has 0 atom stereocenters. The van der Waals surface area contributed by atoms with Gasteiger partial charge in [-0.05, 0) is 55.2 Å². The van der Waals surface area contributed by atoms with E-state index in [4.69, 9.17) is 0 Å². The Kier molecular flexibility index (Phi) is 6.66. The molecule has 2 aromatic carbocycles. The number of allylic oxidation sites excluding steroid dienone is 1. The van der Waals surface area contributed by atoms with Crippen LogP contribution in [-0.4, -0.2) is 18.9 Å². The number of benzene rings is 2. The summed E-state index contributed by atoms with van der Waals surface area (Å²) in [6, 6.07) is 15.6. The van der Waals surface area contributed by atoms with Crippen molar-refractivity contribution in [1.29, 1.82) is 5.26 Å². The Bertz CT molecular complexity index is 1340. The Morgan fingerprint density at radius 3 is 2.48 bits per heavy atom. The summed E-state index contributed by atoms with van der Waals surface area (Å²) in [7, 11) is -4.00. The Morgan fingerprint density at radius 1 is 1.12 bits per heavy atom. The van der Waals surface area contributed by atoms with Gasteiger partial charge in [-0.25, -0.2) is 8.42 Å². The van der Waals surface area contributed by atoms with E-state index < -0.39 is 9.84 Å². The monoisotopic (exact) mass is 461 g/mol. The van der Waals surface area contributed by atoms with Crippen molar-refractivity contribution in [3.8, 4) is 6.07 Å². The van der Waals surface area contributed by atoms with Gasteiger partial charge >= 0.3 is 0 Å². The summed E-state index contributed by atoms with van der Waals surface area (Å²) in [6.45, 7) is 2.28. The average Bonchev–Trinajstić information content (AvgIpc) is 3.15. The van der Waals surface area contributed by atoms with Gasteiger partial charge in [0.05, 0.1) is 4.90 Å². The number of nitrogens with one attached hydrogen (secondary N) is 1. The van der Waals surface area contributed by atoms with Crippen LogP contribution in [0.3, 0.4) is 0 Å².